The number of nitrogens with zero attached hydrogens (tertiary/aromatic N) is 3. The van der Waals surface area contributed by atoms with Gasteiger partial charge in [-0.25, -0.2) is 4.39 Å². The number of hydrogen-bond donors (Lipinski definition) is 2. The molecular formula is C35H38FN5O4. The molecule has 10 heteroatoms. The van der Waals surface area contributed by atoms with Crippen molar-refractivity contribution in [2.75, 3.05) is 37.1 Å². The first kappa shape index (κ1) is 29.4. The monoisotopic (exact) mass is 611 g/mol. The molecule has 3 aliphatic heterocycles. The highest BCUT2D eigenvalue weighted by atomic mass is 19.1. The fraction of sp³-hybridized carbons (Fsp3) is 0.400. The minimum atomic E-state index is -0.626. The average molecular weight is 612 g/mol. The second-order valence-corrected chi connectivity index (χ2v) is 12.5. The highest BCUT2D eigenvalue weighted by molar-refractivity contribution is 5.99. The second-order valence-electron chi connectivity index (χ2n) is 12.5. The molecule has 45 heavy (non-hydrogen) atoms. The molecule has 4 heterocycles. The fourth-order valence-electron chi connectivity index (χ4n) is 7.26. The number of aryl methyl sites for hydroxylation is 2. The van der Waals surface area contributed by atoms with Gasteiger partial charge < -0.3 is 25.0 Å². The standard InChI is InChI=1S/C35H38FN5O4/c1-21-4-3-5-29(36)32(21)35(43)41-31-20-45-19-24(31)17-28(34(42)39-27-10-11-30-23(16-27)18-37-40(30)2)33(41)22-6-8-25(9-7-22)38-26-12-14-44-15-13-26/h3-11,16,18,24,26,28,31,33,38H,12-15,17,19-20H2,1-2H3,(H,39,42)/t24-,28-,31?,33-/m0/s1. The van der Waals surface area contributed by atoms with Crippen LogP contribution in [0.1, 0.15) is 46.8 Å². The summed E-state index contributed by atoms with van der Waals surface area (Å²) in [7, 11) is 1.88. The average Bonchev–Trinajstić information content (AvgIpc) is 3.67. The molecule has 3 saturated heterocycles. The van der Waals surface area contributed by atoms with Crippen LogP contribution in [-0.2, 0) is 21.3 Å². The first-order valence-electron chi connectivity index (χ1n) is 15.7. The number of anilines is 2. The molecule has 4 aromatic rings. The number of carbonyl (C=O) groups excluding carboxylic acids is 2. The van der Waals surface area contributed by atoms with Crippen LogP contribution in [0.4, 0.5) is 15.8 Å². The van der Waals surface area contributed by atoms with Gasteiger partial charge in [0.25, 0.3) is 5.91 Å². The van der Waals surface area contributed by atoms with E-state index in [0.717, 1.165) is 48.2 Å². The van der Waals surface area contributed by atoms with Gasteiger partial charge in [-0.1, -0.05) is 24.3 Å². The topological polar surface area (TPSA) is 97.7 Å². The summed E-state index contributed by atoms with van der Waals surface area (Å²) in [6, 6.07) is 17.8. The van der Waals surface area contributed by atoms with E-state index in [-0.39, 0.29) is 23.4 Å². The Kier molecular flexibility index (Phi) is 8.01. The molecule has 234 valence electrons. The number of amides is 2. The van der Waals surface area contributed by atoms with E-state index in [0.29, 0.717) is 36.9 Å². The van der Waals surface area contributed by atoms with E-state index >= 15 is 4.39 Å². The van der Waals surface area contributed by atoms with E-state index in [2.05, 4.69) is 15.7 Å². The van der Waals surface area contributed by atoms with Gasteiger partial charge in [0.05, 0.1) is 48.5 Å². The third-order valence-corrected chi connectivity index (χ3v) is 9.62. The van der Waals surface area contributed by atoms with Gasteiger partial charge in [-0.2, -0.15) is 5.10 Å². The Bertz CT molecular complexity index is 1700. The summed E-state index contributed by atoms with van der Waals surface area (Å²) >= 11 is 0. The fourth-order valence-corrected chi connectivity index (χ4v) is 7.26. The lowest BCUT2D eigenvalue weighted by atomic mass is 9.76. The maximum absolute atomic E-state index is 15.3. The second kappa shape index (κ2) is 12.3. The molecule has 1 aromatic heterocycles. The van der Waals surface area contributed by atoms with Crippen LogP contribution >= 0.6 is 0 Å². The quantitative estimate of drug-likeness (QED) is 0.300. The summed E-state index contributed by atoms with van der Waals surface area (Å²) < 4.78 is 28.5. The highest BCUT2D eigenvalue weighted by Gasteiger charge is 2.51. The van der Waals surface area contributed by atoms with Crippen molar-refractivity contribution in [1.29, 1.82) is 0 Å². The van der Waals surface area contributed by atoms with Crippen molar-refractivity contribution in [3.05, 3.63) is 89.4 Å². The highest BCUT2D eigenvalue weighted by Crippen LogP contribution is 2.46. The number of ether oxygens (including phenoxy) is 2. The molecule has 2 amide bonds. The number of halogens is 1. The maximum atomic E-state index is 15.3. The van der Waals surface area contributed by atoms with Gasteiger partial charge in [0.15, 0.2) is 0 Å². The van der Waals surface area contributed by atoms with E-state index in [4.69, 9.17) is 9.47 Å². The summed E-state index contributed by atoms with van der Waals surface area (Å²) in [6.45, 7) is 4.00. The van der Waals surface area contributed by atoms with Gasteiger partial charge in [0, 0.05) is 49.0 Å². The molecule has 0 saturated carbocycles. The van der Waals surface area contributed by atoms with E-state index in [9.17, 15) is 9.59 Å². The SMILES string of the molecule is Cc1cccc(F)c1C(=O)N1C2COC[C@@H]2C[C@H](C(=O)Nc2ccc3c(cnn3C)c2)[C@@H]1c1ccc(NC2CCOCC2)cc1. The molecule has 0 aliphatic carbocycles. The predicted octanol–water partition coefficient (Wildman–Crippen LogP) is 5.47. The zero-order valence-electron chi connectivity index (χ0n) is 25.5. The molecule has 1 unspecified atom stereocenters. The molecule has 0 spiro atoms. The van der Waals surface area contributed by atoms with Crippen LogP contribution in [0.3, 0.4) is 0 Å². The Morgan fingerprint density at radius 1 is 0.978 bits per heavy atom. The van der Waals surface area contributed by atoms with Gasteiger partial charge in [0.2, 0.25) is 5.91 Å². The van der Waals surface area contributed by atoms with Crippen LogP contribution < -0.4 is 10.6 Å². The van der Waals surface area contributed by atoms with Crippen LogP contribution in [0.15, 0.2) is 66.9 Å². The molecule has 7 rings (SSSR count). The number of nitrogens with one attached hydrogen (secondary N) is 2. The maximum Gasteiger partial charge on any atom is 0.257 e. The van der Waals surface area contributed by atoms with Gasteiger partial charge in [-0.3, -0.25) is 14.3 Å². The van der Waals surface area contributed by atoms with E-state index < -0.39 is 23.7 Å². The van der Waals surface area contributed by atoms with E-state index in [1.807, 2.05) is 49.5 Å². The molecule has 4 atom stereocenters. The minimum absolute atomic E-state index is 0.0361. The third kappa shape index (κ3) is 5.68. The lowest BCUT2D eigenvalue weighted by molar-refractivity contribution is -0.124. The Balaban J connectivity index is 1.26. The van der Waals surface area contributed by atoms with Gasteiger partial charge >= 0.3 is 0 Å². The molecule has 2 N–H and O–H groups in total. The number of piperidine rings is 1. The van der Waals surface area contributed by atoms with Crippen molar-refractivity contribution in [1.82, 2.24) is 14.7 Å². The minimum Gasteiger partial charge on any atom is -0.382 e. The first-order valence-corrected chi connectivity index (χ1v) is 15.7. The Labute approximate surface area is 261 Å². The predicted molar refractivity (Wildman–Crippen MR) is 170 cm³/mol. The van der Waals surface area contributed by atoms with Gasteiger partial charge in [-0.15, -0.1) is 0 Å². The summed E-state index contributed by atoms with van der Waals surface area (Å²) in [6.07, 6.45) is 4.18. The molecule has 0 bridgehead atoms. The third-order valence-electron chi connectivity index (χ3n) is 9.62. The smallest absolute Gasteiger partial charge is 0.257 e. The first-order chi connectivity index (χ1) is 21.9. The van der Waals surface area contributed by atoms with Crippen molar-refractivity contribution in [2.45, 2.75) is 44.3 Å². The van der Waals surface area contributed by atoms with Crippen LogP contribution in [0, 0.1) is 24.6 Å². The summed E-state index contributed by atoms with van der Waals surface area (Å²) in [5.41, 5.74) is 4.00. The van der Waals surface area contributed by atoms with Gasteiger partial charge in [0.1, 0.15) is 5.82 Å². The number of fused-ring (bicyclic) bond motifs is 2. The summed E-state index contributed by atoms with van der Waals surface area (Å²) in [4.78, 5) is 30.4. The van der Waals surface area contributed by atoms with Gasteiger partial charge in [-0.05, 0) is 73.7 Å². The zero-order chi connectivity index (χ0) is 31.1. The molecule has 9 nitrogen and oxygen atoms in total. The zero-order valence-corrected chi connectivity index (χ0v) is 25.5. The van der Waals surface area contributed by atoms with Crippen molar-refractivity contribution >= 4 is 34.1 Å². The normalized spacial score (nSPS) is 23.6. The molecule has 3 aromatic carbocycles. The molecule has 3 aliphatic rings. The number of hydrogen-bond acceptors (Lipinski definition) is 6. The van der Waals surface area contributed by atoms with Crippen LogP contribution in [0.25, 0.3) is 10.9 Å². The summed E-state index contributed by atoms with van der Waals surface area (Å²) in [5, 5.41) is 11.9. The number of aromatic nitrogens is 2. The van der Waals surface area contributed by atoms with Crippen molar-refractivity contribution in [3.8, 4) is 0 Å². The number of benzene rings is 3. The Hall–Kier alpha value is -4.28. The molecule has 3 fully saturated rings. The van der Waals surface area contributed by atoms with E-state index in [1.165, 1.54) is 6.07 Å². The Morgan fingerprint density at radius 3 is 2.53 bits per heavy atom. The van der Waals surface area contributed by atoms with Crippen molar-refractivity contribution in [2.24, 2.45) is 18.9 Å². The van der Waals surface area contributed by atoms with Crippen LogP contribution in [0.2, 0.25) is 0 Å². The Morgan fingerprint density at radius 2 is 1.76 bits per heavy atom. The number of carbonyl (C=O) groups is 2. The van der Waals surface area contributed by atoms with Crippen LogP contribution in [0.5, 0.6) is 0 Å². The van der Waals surface area contributed by atoms with E-state index in [1.54, 1.807) is 34.8 Å². The number of rotatable bonds is 6. The lowest BCUT2D eigenvalue weighted by Gasteiger charge is -2.47. The molecular weight excluding hydrogens is 573 g/mol. The van der Waals surface area contributed by atoms with Crippen LogP contribution in [-0.4, -0.2) is 65.0 Å². The van der Waals surface area contributed by atoms with Crippen molar-refractivity contribution < 1.29 is 23.5 Å². The summed E-state index contributed by atoms with van der Waals surface area (Å²) in [5.74, 6) is -1.83. The number of likely N-dealkylation sites (tertiary alicyclic amines) is 1. The lowest BCUT2D eigenvalue weighted by Crippen LogP contribution is -2.55. The largest absolute Gasteiger partial charge is 0.382 e. The molecule has 0 radical (unpaired) electrons. The van der Waals surface area contributed by atoms with Crippen molar-refractivity contribution in [3.63, 3.8) is 0 Å².